The number of benzene rings is 2. The Morgan fingerprint density at radius 1 is 1.13 bits per heavy atom. The van der Waals surface area contributed by atoms with Crippen molar-refractivity contribution in [1.82, 2.24) is 24.1 Å². The van der Waals surface area contributed by atoms with Crippen LogP contribution >= 0.6 is 0 Å². The third kappa shape index (κ3) is 8.01. The molecule has 2 atom stereocenters. The third-order valence-electron chi connectivity index (χ3n) is 10.8. The number of sulfonamides is 1. The number of aromatic nitrogens is 2. The number of rotatable bonds is 10. The van der Waals surface area contributed by atoms with E-state index in [1.165, 1.54) is 4.31 Å². The van der Waals surface area contributed by atoms with Crippen molar-refractivity contribution in [2.45, 2.75) is 56.6 Å². The monoisotopic (exact) mass is 755 g/mol. The molecule has 0 aliphatic carbocycles. The Morgan fingerprint density at radius 2 is 1.93 bits per heavy atom. The number of hydrogen-bond acceptors (Lipinski definition) is 12. The zero-order valence-corrected chi connectivity index (χ0v) is 31.4. The first kappa shape index (κ1) is 37.5. The summed E-state index contributed by atoms with van der Waals surface area (Å²) in [7, 11) is -1.61. The first-order valence-electron chi connectivity index (χ1n) is 18.2. The van der Waals surface area contributed by atoms with Gasteiger partial charge in [-0.3, -0.25) is 9.69 Å². The van der Waals surface area contributed by atoms with Crippen molar-refractivity contribution < 1.29 is 32.5 Å². The van der Waals surface area contributed by atoms with Crippen molar-refractivity contribution >= 4 is 32.5 Å². The van der Waals surface area contributed by atoms with E-state index < -0.39 is 22.2 Å². The number of fused-ring (bicyclic) bond motifs is 2. The van der Waals surface area contributed by atoms with Crippen LogP contribution in [0.5, 0.6) is 11.8 Å². The zero-order chi connectivity index (χ0) is 38.0. The average Bonchev–Trinajstić information content (AvgIpc) is 3.14. The fraction of sp³-hybridized carbons (Fsp3) is 0.487. The molecule has 1 aromatic heterocycles. The van der Waals surface area contributed by atoms with Crippen molar-refractivity contribution in [3.63, 3.8) is 0 Å². The molecule has 0 saturated carbocycles. The van der Waals surface area contributed by atoms with Gasteiger partial charge in [0, 0.05) is 75.4 Å². The number of phenols is 1. The lowest BCUT2D eigenvalue weighted by Gasteiger charge is -2.42. The number of nitrogens with zero attached hydrogens (tertiary/aromatic N) is 7. The van der Waals surface area contributed by atoms with Gasteiger partial charge in [-0.05, 0) is 42.0 Å². The SMILES string of the molecule is C#Cc1cccc2cc(O)cc(C3Cc4nc(OC5CN(S(C)(=O)=O)C5)nc(N5CCN(C(=O)/C=C/CN6CCC(OC)CC6)[C@@H](CC#N)C5)c4CO3)c12. The molecule has 3 fully saturated rings. The molecule has 4 aliphatic rings. The molecule has 3 saturated heterocycles. The van der Waals surface area contributed by atoms with Crippen LogP contribution in [0.3, 0.4) is 0 Å². The molecule has 3 aromatic rings. The number of ether oxygens (including phenoxy) is 3. The van der Waals surface area contributed by atoms with Crippen LogP contribution < -0.4 is 9.64 Å². The number of aromatic hydroxyl groups is 1. The number of likely N-dealkylation sites (tertiary alicyclic amines) is 1. The lowest BCUT2D eigenvalue weighted by molar-refractivity contribution is -0.128. The van der Waals surface area contributed by atoms with Gasteiger partial charge in [0.1, 0.15) is 17.7 Å². The lowest BCUT2D eigenvalue weighted by Crippen LogP contribution is -2.56. The summed E-state index contributed by atoms with van der Waals surface area (Å²) in [4.78, 5) is 29.3. The van der Waals surface area contributed by atoms with Gasteiger partial charge >= 0.3 is 6.01 Å². The van der Waals surface area contributed by atoms with Gasteiger partial charge in [-0.25, -0.2) is 8.42 Å². The molecular formula is C39H45N7O7S. The molecule has 4 aliphatic heterocycles. The van der Waals surface area contributed by atoms with E-state index in [9.17, 15) is 23.6 Å². The molecule has 0 spiro atoms. The highest BCUT2D eigenvalue weighted by Gasteiger charge is 2.38. The maximum absolute atomic E-state index is 13.5. The van der Waals surface area contributed by atoms with E-state index in [0.29, 0.717) is 49.7 Å². The molecule has 1 N–H and O–H groups in total. The topological polar surface area (TPSA) is 162 Å². The molecule has 284 valence electrons. The van der Waals surface area contributed by atoms with E-state index in [0.717, 1.165) is 54.1 Å². The molecular weight excluding hydrogens is 711 g/mol. The van der Waals surface area contributed by atoms with E-state index in [4.69, 9.17) is 30.6 Å². The van der Waals surface area contributed by atoms with Crippen molar-refractivity contribution in [2.75, 3.05) is 70.6 Å². The van der Waals surface area contributed by atoms with Crippen LogP contribution in [-0.2, 0) is 37.3 Å². The Hall–Kier alpha value is -4.77. The molecule has 2 aromatic carbocycles. The molecule has 1 unspecified atom stereocenters. The van der Waals surface area contributed by atoms with Crippen LogP contribution in [0.25, 0.3) is 10.8 Å². The minimum Gasteiger partial charge on any atom is -0.508 e. The van der Waals surface area contributed by atoms with Crippen molar-refractivity contribution in [2.24, 2.45) is 0 Å². The smallest absolute Gasteiger partial charge is 0.318 e. The van der Waals surface area contributed by atoms with Crippen LogP contribution in [0.15, 0.2) is 42.5 Å². The average molecular weight is 756 g/mol. The second kappa shape index (κ2) is 15.9. The highest BCUT2D eigenvalue weighted by Crippen LogP contribution is 2.40. The quantitative estimate of drug-likeness (QED) is 0.239. The lowest BCUT2D eigenvalue weighted by atomic mass is 9.92. The van der Waals surface area contributed by atoms with Gasteiger partial charge in [0.05, 0.1) is 62.4 Å². The highest BCUT2D eigenvalue weighted by molar-refractivity contribution is 7.88. The van der Waals surface area contributed by atoms with Gasteiger partial charge < -0.3 is 29.1 Å². The molecule has 5 heterocycles. The zero-order valence-electron chi connectivity index (χ0n) is 30.6. The van der Waals surface area contributed by atoms with E-state index in [-0.39, 0.29) is 55.9 Å². The minimum absolute atomic E-state index is 0.0893. The fourth-order valence-corrected chi connectivity index (χ4v) is 8.68. The Kier molecular flexibility index (Phi) is 11.1. The van der Waals surface area contributed by atoms with Crippen LogP contribution in [0, 0.1) is 23.7 Å². The van der Waals surface area contributed by atoms with Crippen LogP contribution in [-0.4, -0.2) is 127 Å². The second-order valence-corrected chi connectivity index (χ2v) is 16.3. The summed E-state index contributed by atoms with van der Waals surface area (Å²) in [5.41, 5.74) is 2.87. The van der Waals surface area contributed by atoms with Crippen molar-refractivity contribution in [3.8, 4) is 30.2 Å². The summed E-state index contributed by atoms with van der Waals surface area (Å²) < 4.78 is 43.5. The molecule has 15 heteroatoms. The second-order valence-electron chi connectivity index (χ2n) is 14.3. The number of carbonyl (C=O) groups is 1. The molecule has 54 heavy (non-hydrogen) atoms. The van der Waals surface area contributed by atoms with Gasteiger partial charge in [-0.1, -0.05) is 24.1 Å². The number of nitriles is 1. The third-order valence-corrected chi connectivity index (χ3v) is 12.0. The Bertz CT molecular complexity index is 2120. The first-order valence-corrected chi connectivity index (χ1v) is 20.1. The molecule has 14 nitrogen and oxygen atoms in total. The molecule has 0 radical (unpaired) electrons. The summed E-state index contributed by atoms with van der Waals surface area (Å²) in [6, 6.07) is 10.9. The van der Waals surface area contributed by atoms with Crippen LogP contribution in [0.1, 0.15) is 47.8 Å². The van der Waals surface area contributed by atoms with Gasteiger partial charge in [0.2, 0.25) is 15.9 Å². The molecule has 0 bridgehead atoms. The fourth-order valence-electron chi connectivity index (χ4n) is 7.80. The number of phenolic OH excluding ortho intramolecular Hbond substituents is 1. The number of piperazine rings is 1. The van der Waals surface area contributed by atoms with Gasteiger partial charge in [-0.2, -0.15) is 19.5 Å². The van der Waals surface area contributed by atoms with Gasteiger partial charge in [0.15, 0.2) is 0 Å². The van der Waals surface area contributed by atoms with E-state index in [2.05, 4.69) is 21.8 Å². The summed E-state index contributed by atoms with van der Waals surface area (Å²) in [5, 5.41) is 22.1. The normalized spacial score (nSPS) is 21.8. The van der Waals surface area contributed by atoms with E-state index >= 15 is 0 Å². The predicted molar refractivity (Wildman–Crippen MR) is 201 cm³/mol. The molecule has 7 rings (SSSR count). The maximum atomic E-state index is 13.5. The number of methoxy groups -OCH3 is 1. The number of piperidine rings is 1. The first-order chi connectivity index (χ1) is 26.0. The number of hydrogen-bond donors (Lipinski definition) is 1. The maximum Gasteiger partial charge on any atom is 0.318 e. The van der Waals surface area contributed by atoms with Crippen LogP contribution in [0.4, 0.5) is 5.82 Å². The van der Waals surface area contributed by atoms with Crippen molar-refractivity contribution in [1.29, 1.82) is 5.26 Å². The Labute approximate surface area is 316 Å². The van der Waals surface area contributed by atoms with Crippen LogP contribution in [0.2, 0.25) is 0 Å². The number of anilines is 1. The van der Waals surface area contributed by atoms with Crippen molar-refractivity contribution in [3.05, 3.63) is 64.9 Å². The predicted octanol–water partition coefficient (Wildman–Crippen LogP) is 2.75. The minimum atomic E-state index is -3.35. The Balaban J connectivity index is 1.14. The molecule has 1 amide bonds. The van der Waals surface area contributed by atoms with Gasteiger partial charge in [0.25, 0.3) is 0 Å². The number of terminal acetylenes is 1. The van der Waals surface area contributed by atoms with E-state index in [1.807, 2.05) is 24.3 Å². The van der Waals surface area contributed by atoms with Gasteiger partial charge in [-0.15, -0.1) is 6.42 Å². The number of amides is 1. The van der Waals surface area contributed by atoms with E-state index in [1.54, 1.807) is 30.2 Å². The summed E-state index contributed by atoms with van der Waals surface area (Å²) in [6.07, 6.45) is 12.3. The number of carbonyl (C=O) groups excluding carboxylic acids is 1. The summed E-state index contributed by atoms with van der Waals surface area (Å²) in [6.45, 7) is 4.23. The highest BCUT2D eigenvalue weighted by atomic mass is 32.2. The summed E-state index contributed by atoms with van der Waals surface area (Å²) >= 11 is 0. The standard InChI is InChI=1S/C39H45N7O7S/c1-4-26-7-5-8-27-19-29(47)20-32(37(26)27)35-21-34-33(25-52-35)38(42-39(41-34)53-31-23-45(24-31)54(3,49)50)44-17-18-46(28(22-44)10-13-40)36(48)9-6-14-43-15-11-30(51-2)12-16-43/h1,5-9,19-20,28,30-31,35,47H,10-12,14-18,21-25H2,2-3H3/b9-6+/t28-,35?/m0/s1. The largest absolute Gasteiger partial charge is 0.508 e. The summed E-state index contributed by atoms with van der Waals surface area (Å²) in [5.74, 6) is 3.30. The Morgan fingerprint density at radius 3 is 2.65 bits per heavy atom.